The van der Waals surface area contributed by atoms with Crippen LogP contribution in [0.1, 0.15) is 69.4 Å². The Bertz CT molecular complexity index is 607. The van der Waals surface area contributed by atoms with Gasteiger partial charge in [0.15, 0.2) is 0 Å². The van der Waals surface area contributed by atoms with Crippen molar-refractivity contribution in [3.05, 3.63) is 35.6 Å². The van der Waals surface area contributed by atoms with Gasteiger partial charge in [0, 0.05) is 19.6 Å². The van der Waals surface area contributed by atoms with E-state index in [4.69, 9.17) is 4.74 Å². The van der Waals surface area contributed by atoms with Gasteiger partial charge in [0.1, 0.15) is 5.82 Å². The predicted octanol–water partition coefficient (Wildman–Crippen LogP) is 4.86. The topological polar surface area (TPSA) is 29.5 Å². The Morgan fingerprint density at radius 1 is 1.04 bits per heavy atom. The van der Waals surface area contributed by atoms with Crippen LogP contribution in [0, 0.1) is 17.7 Å². The minimum Gasteiger partial charge on any atom is -0.375 e. The van der Waals surface area contributed by atoms with Crippen molar-refractivity contribution in [3.8, 4) is 0 Å². The number of hydrogen-bond donors (Lipinski definition) is 0. The molecule has 0 radical (unpaired) electrons. The second-order valence-electron chi connectivity index (χ2n) is 8.33. The van der Waals surface area contributed by atoms with Crippen LogP contribution in [-0.2, 0) is 9.53 Å². The van der Waals surface area contributed by atoms with Crippen molar-refractivity contribution in [1.82, 2.24) is 4.90 Å². The molecule has 1 amide bonds. The van der Waals surface area contributed by atoms with Crippen molar-refractivity contribution in [2.24, 2.45) is 11.8 Å². The van der Waals surface area contributed by atoms with Crippen molar-refractivity contribution >= 4 is 5.91 Å². The predicted molar refractivity (Wildman–Crippen MR) is 99.1 cm³/mol. The summed E-state index contributed by atoms with van der Waals surface area (Å²) in [6.07, 6.45) is 10.2. The van der Waals surface area contributed by atoms with E-state index in [1.54, 1.807) is 0 Å². The molecule has 26 heavy (non-hydrogen) atoms. The first kappa shape index (κ1) is 18.0. The van der Waals surface area contributed by atoms with E-state index in [2.05, 4.69) is 0 Å². The third-order valence-electron chi connectivity index (χ3n) is 6.30. The summed E-state index contributed by atoms with van der Waals surface area (Å²) >= 11 is 0. The zero-order chi connectivity index (χ0) is 17.9. The van der Waals surface area contributed by atoms with Gasteiger partial charge in [0.2, 0.25) is 5.91 Å². The molecule has 0 N–H and O–H groups in total. The van der Waals surface area contributed by atoms with Crippen LogP contribution in [0.3, 0.4) is 0 Å². The summed E-state index contributed by atoms with van der Waals surface area (Å²) < 4.78 is 20.0. The molecule has 3 nitrogen and oxygen atoms in total. The first-order valence-electron chi connectivity index (χ1n) is 10.4. The van der Waals surface area contributed by atoms with Crippen molar-refractivity contribution in [1.29, 1.82) is 0 Å². The fraction of sp³-hybridized carbons (Fsp3) is 0.682. The quantitative estimate of drug-likeness (QED) is 0.695. The number of rotatable bonds is 7. The van der Waals surface area contributed by atoms with Gasteiger partial charge >= 0.3 is 0 Å². The largest absolute Gasteiger partial charge is 0.375 e. The van der Waals surface area contributed by atoms with Crippen molar-refractivity contribution in [3.63, 3.8) is 0 Å². The Hall–Kier alpha value is -1.42. The van der Waals surface area contributed by atoms with Gasteiger partial charge < -0.3 is 9.64 Å². The fourth-order valence-corrected chi connectivity index (χ4v) is 4.65. The molecule has 1 aromatic rings. The number of ether oxygens (including phenoxy) is 1. The standard InChI is InChI=1S/C22H30FNO2/c23-19-12-10-17(11-13-19)21(24-14-4-7-20(24)25)22(26-15-16-8-9-16)18-5-2-1-3-6-18/h10-13,16,18,21-22H,1-9,14-15H2/t21-,22+/m0/s1. The van der Waals surface area contributed by atoms with Crippen LogP contribution in [0.15, 0.2) is 24.3 Å². The number of likely N-dealkylation sites (tertiary alicyclic amines) is 1. The summed E-state index contributed by atoms with van der Waals surface area (Å²) in [6, 6.07) is 6.65. The first-order chi connectivity index (χ1) is 12.7. The Morgan fingerprint density at radius 2 is 1.77 bits per heavy atom. The van der Waals surface area contributed by atoms with Crippen LogP contribution in [-0.4, -0.2) is 30.1 Å². The molecule has 2 atom stereocenters. The average Bonchev–Trinajstić information content (AvgIpc) is 3.40. The maximum absolute atomic E-state index is 13.5. The van der Waals surface area contributed by atoms with Gasteiger partial charge in [-0.2, -0.15) is 0 Å². The highest BCUT2D eigenvalue weighted by molar-refractivity contribution is 5.78. The maximum Gasteiger partial charge on any atom is 0.223 e. The van der Waals surface area contributed by atoms with Crippen molar-refractivity contribution < 1.29 is 13.9 Å². The van der Waals surface area contributed by atoms with Crippen LogP contribution in [0.25, 0.3) is 0 Å². The molecule has 1 aliphatic heterocycles. The number of hydrogen-bond acceptors (Lipinski definition) is 2. The molecule has 142 valence electrons. The van der Waals surface area contributed by atoms with Gasteiger partial charge in [-0.25, -0.2) is 4.39 Å². The normalized spacial score (nSPS) is 24.0. The van der Waals surface area contributed by atoms with E-state index in [1.807, 2.05) is 17.0 Å². The Morgan fingerprint density at radius 3 is 2.38 bits per heavy atom. The Balaban J connectivity index is 1.64. The molecule has 0 spiro atoms. The molecule has 2 saturated carbocycles. The lowest BCUT2D eigenvalue weighted by molar-refractivity contribution is -0.136. The zero-order valence-corrected chi connectivity index (χ0v) is 15.5. The lowest BCUT2D eigenvalue weighted by Crippen LogP contribution is -2.43. The highest BCUT2D eigenvalue weighted by Crippen LogP contribution is 2.40. The number of carbonyl (C=O) groups excluding carboxylic acids is 1. The van der Waals surface area contributed by atoms with Crippen LogP contribution < -0.4 is 0 Å². The summed E-state index contributed by atoms with van der Waals surface area (Å²) in [4.78, 5) is 14.6. The molecule has 4 rings (SSSR count). The highest BCUT2D eigenvalue weighted by Gasteiger charge is 2.40. The minimum atomic E-state index is -0.228. The van der Waals surface area contributed by atoms with Crippen molar-refractivity contribution in [2.75, 3.05) is 13.2 Å². The van der Waals surface area contributed by atoms with E-state index < -0.39 is 0 Å². The first-order valence-corrected chi connectivity index (χ1v) is 10.4. The van der Waals surface area contributed by atoms with E-state index in [9.17, 15) is 9.18 Å². The third-order valence-corrected chi connectivity index (χ3v) is 6.30. The SMILES string of the molecule is O=C1CCCN1[C@@H](c1ccc(F)cc1)[C@H](OCC1CC1)C1CCCCC1. The Kier molecular flexibility index (Phi) is 5.58. The van der Waals surface area contributed by atoms with E-state index in [0.29, 0.717) is 18.3 Å². The van der Waals surface area contributed by atoms with E-state index >= 15 is 0 Å². The van der Waals surface area contributed by atoms with Gasteiger partial charge in [0.05, 0.1) is 12.1 Å². The van der Waals surface area contributed by atoms with Crippen LogP contribution in [0.5, 0.6) is 0 Å². The van der Waals surface area contributed by atoms with E-state index in [-0.39, 0.29) is 23.9 Å². The molecular weight excluding hydrogens is 329 g/mol. The van der Waals surface area contributed by atoms with E-state index in [0.717, 1.165) is 25.1 Å². The summed E-state index contributed by atoms with van der Waals surface area (Å²) in [5.41, 5.74) is 1.02. The Labute approximate surface area is 155 Å². The van der Waals surface area contributed by atoms with Crippen molar-refractivity contribution in [2.45, 2.75) is 69.9 Å². The minimum absolute atomic E-state index is 0.0309. The molecule has 0 bridgehead atoms. The van der Waals surface area contributed by atoms with Gasteiger partial charge in [-0.05, 0) is 61.6 Å². The summed E-state index contributed by atoms with van der Waals surface area (Å²) in [5, 5.41) is 0. The highest BCUT2D eigenvalue weighted by atomic mass is 19.1. The lowest BCUT2D eigenvalue weighted by atomic mass is 9.80. The monoisotopic (exact) mass is 359 g/mol. The van der Waals surface area contributed by atoms with Gasteiger partial charge in [-0.3, -0.25) is 4.79 Å². The summed E-state index contributed by atoms with van der Waals surface area (Å²) in [7, 11) is 0. The van der Waals surface area contributed by atoms with Gasteiger partial charge in [0.25, 0.3) is 0 Å². The van der Waals surface area contributed by atoms with Crippen LogP contribution >= 0.6 is 0 Å². The third kappa shape index (κ3) is 4.11. The molecule has 4 heteroatoms. The van der Waals surface area contributed by atoms with Gasteiger partial charge in [-0.15, -0.1) is 0 Å². The van der Waals surface area contributed by atoms with Crippen LogP contribution in [0.2, 0.25) is 0 Å². The smallest absolute Gasteiger partial charge is 0.223 e. The number of benzene rings is 1. The number of halogens is 1. The number of carbonyl (C=O) groups is 1. The fourth-order valence-electron chi connectivity index (χ4n) is 4.65. The molecular formula is C22H30FNO2. The molecule has 0 aromatic heterocycles. The van der Waals surface area contributed by atoms with E-state index in [1.165, 1.54) is 57.1 Å². The summed E-state index contributed by atoms with van der Waals surface area (Å²) in [6.45, 7) is 1.60. The second-order valence-corrected chi connectivity index (χ2v) is 8.33. The number of amides is 1. The molecule has 3 aliphatic rings. The summed E-state index contributed by atoms with van der Waals surface area (Å²) in [5.74, 6) is 1.18. The molecule has 2 aliphatic carbocycles. The maximum atomic E-state index is 13.5. The second kappa shape index (κ2) is 8.08. The number of nitrogens with zero attached hydrogens (tertiary/aromatic N) is 1. The van der Waals surface area contributed by atoms with Crippen LogP contribution in [0.4, 0.5) is 4.39 Å². The van der Waals surface area contributed by atoms with Gasteiger partial charge in [-0.1, -0.05) is 31.4 Å². The molecule has 1 heterocycles. The molecule has 1 aromatic carbocycles. The molecule has 3 fully saturated rings. The molecule has 1 saturated heterocycles. The zero-order valence-electron chi connectivity index (χ0n) is 15.5. The lowest BCUT2D eigenvalue weighted by Gasteiger charge is -2.40. The average molecular weight is 359 g/mol. The molecule has 0 unspecified atom stereocenters.